The Morgan fingerprint density at radius 1 is 1.14 bits per heavy atom. The third-order valence-electron chi connectivity index (χ3n) is 5.86. The number of hydrogen-bond acceptors (Lipinski definition) is 1. The maximum absolute atomic E-state index is 3.64. The van der Waals surface area contributed by atoms with E-state index in [1.54, 1.807) is 6.42 Å². The van der Waals surface area contributed by atoms with Crippen molar-refractivity contribution in [2.45, 2.75) is 57.8 Å². The maximum Gasteiger partial charge on any atom is 0.00201 e. The van der Waals surface area contributed by atoms with E-state index in [0.717, 1.165) is 30.8 Å². The van der Waals surface area contributed by atoms with Gasteiger partial charge in [-0.3, -0.25) is 0 Å². The molecule has 2 bridgehead atoms. The van der Waals surface area contributed by atoms with E-state index in [1.807, 2.05) is 0 Å². The van der Waals surface area contributed by atoms with Gasteiger partial charge in [0.05, 0.1) is 0 Å². The molecule has 1 nitrogen and oxygen atoms in total. The minimum absolute atomic E-state index is 0.705. The molecule has 0 amide bonds. The van der Waals surface area contributed by atoms with Crippen LogP contribution in [0.25, 0.3) is 0 Å². The van der Waals surface area contributed by atoms with Gasteiger partial charge in [0.1, 0.15) is 0 Å². The first kappa shape index (κ1) is 15.1. The molecule has 2 aliphatic carbocycles. The topological polar surface area (TPSA) is 12.0 Å². The second-order valence-corrected chi connectivity index (χ2v) is 7.32. The van der Waals surface area contributed by atoms with Crippen molar-refractivity contribution < 1.29 is 0 Å². The van der Waals surface area contributed by atoms with Gasteiger partial charge < -0.3 is 5.32 Å². The van der Waals surface area contributed by atoms with Crippen molar-refractivity contribution in [2.75, 3.05) is 13.1 Å². The molecule has 0 saturated heterocycles. The van der Waals surface area contributed by atoms with E-state index < -0.39 is 0 Å². The predicted octanol–water partition coefficient (Wildman–Crippen LogP) is 4.99. The van der Waals surface area contributed by atoms with Gasteiger partial charge in [-0.05, 0) is 74.3 Å². The Hall–Kier alpha value is -0.820. The molecule has 2 aliphatic rings. The first-order valence-corrected chi connectivity index (χ1v) is 9.12. The van der Waals surface area contributed by atoms with Crippen molar-refractivity contribution in [3.63, 3.8) is 0 Å². The number of fused-ring (bicyclic) bond motifs is 2. The largest absolute Gasteiger partial charge is 0.316 e. The van der Waals surface area contributed by atoms with Gasteiger partial charge in [0.25, 0.3) is 0 Å². The summed E-state index contributed by atoms with van der Waals surface area (Å²) in [4.78, 5) is 0. The Morgan fingerprint density at radius 3 is 2.67 bits per heavy atom. The molecule has 2 fully saturated rings. The highest BCUT2D eigenvalue weighted by molar-refractivity contribution is 5.19. The highest BCUT2D eigenvalue weighted by atomic mass is 14.8. The van der Waals surface area contributed by atoms with E-state index in [9.17, 15) is 0 Å². The molecular formula is C20H31N. The van der Waals surface area contributed by atoms with E-state index >= 15 is 0 Å². The van der Waals surface area contributed by atoms with Gasteiger partial charge >= 0.3 is 0 Å². The Labute approximate surface area is 130 Å². The van der Waals surface area contributed by atoms with Gasteiger partial charge in [-0.15, -0.1) is 0 Å². The van der Waals surface area contributed by atoms with Gasteiger partial charge in [-0.2, -0.15) is 0 Å². The monoisotopic (exact) mass is 285 g/mol. The van der Waals surface area contributed by atoms with Crippen LogP contribution in [0.5, 0.6) is 0 Å². The molecule has 0 aliphatic heterocycles. The Morgan fingerprint density at radius 2 is 2.00 bits per heavy atom. The van der Waals surface area contributed by atoms with Crippen molar-refractivity contribution in [2.24, 2.45) is 17.8 Å². The van der Waals surface area contributed by atoms with Crippen LogP contribution in [0.2, 0.25) is 0 Å². The fraction of sp³-hybridized carbons (Fsp3) is 0.700. The lowest BCUT2D eigenvalue weighted by Crippen LogP contribution is -2.23. The Bertz CT molecular complexity index is 413. The third-order valence-corrected chi connectivity index (χ3v) is 5.86. The van der Waals surface area contributed by atoms with Crippen LogP contribution in [0, 0.1) is 17.8 Å². The van der Waals surface area contributed by atoms with Gasteiger partial charge in [0, 0.05) is 6.54 Å². The zero-order valence-electron chi connectivity index (χ0n) is 13.6. The quantitative estimate of drug-likeness (QED) is 0.664. The van der Waals surface area contributed by atoms with Crippen LogP contribution >= 0.6 is 0 Å². The second-order valence-electron chi connectivity index (χ2n) is 7.32. The minimum Gasteiger partial charge on any atom is -0.316 e. The smallest absolute Gasteiger partial charge is 0.00201 e. The maximum atomic E-state index is 3.64. The van der Waals surface area contributed by atoms with E-state index in [1.165, 1.54) is 44.1 Å². The van der Waals surface area contributed by atoms with Gasteiger partial charge in [-0.1, -0.05) is 43.7 Å². The molecular weight excluding hydrogens is 254 g/mol. The number of hydrogen-bond donors (Lipinski definition) is 1. The summed E-state index contributed by atoms with van der Waals surface area (Å²) in [5.41, 5.74) is 1.53. The standard InChI is InChI=1S/C20H31N/c1-2-12-21-15-20(17-6-4-3-5-7-17)11-10-19-14-16-8-9-18(19)13-16/h3-7,16,18-21H,2,8-15H2,1H3. The summed E-state index contributed by atoms with van der Waals surface area (Å²) in [6.45, 7) is 4.55. The Balaban J connectivity index is 1.54. The van der Waals surface area contributed by atoms with Crippen molar-refractivity contribution in [3.05, 3.63) is 35.9 Å². The summed E-state index contributed by atoms with van der Waals surface area (Å²) in [7, 11) is 0. The van der Waals surface area contributed by atoms with Crippen LogP contribution in [0.4, 0.5) is 0 Å². The average Bonchev–Trinajstić information content (AvgIpc) is 3.14. The normalized spacial score (nSPS) is 28.9. The summed E-state index contributed by atoms with van der Waals surface area (Å²) in [5, 5.41) is 3.64. The van der Waals surface area contributed by atoms with E-state index in [0.29, 0.717) is 5.92 Å². The van der Waals surface area contributed by atoms with Crippen LogP contribution in [0.15, 0.2) is 30.3 Å². The molecule has 4 atom stereocenters. The summed E-state index contributed by atoms with van der Waals surface area (Å²) < 4.78 is 0. The molecule has 116 valence electrons. The van der Waals surface area contributed by atoms with Crippen LogP contribution in [0.1, 0.15) is 63.4 Å². The van der Waals surface area contributed by atoms with Crippen LogP contribution < -0.4 is 5.32 Å². The molecule has 0 aromatic heterocycles. The van der Waals surface area contributed by atoms with Gasteiger partial charge in [-0.25, -0.2) is 0 Å². The first-order valence-electron chi connectivity index (χ1n) is 9.12. The Kier molecular flexibility index (Phi) is 5.35. The summed E-state index contributed by atoms with van der Waals surface area (Å²) in [5.74, 6) is 3.92. The predicted molar refractivity (Wildman–Crippen MR) is 90.5 cm³/mol. The molecule has 2 saturated carbocycles. The molecule has 4 unspecified atom stereocenters. The lowest BCUT2D eigenvalue weighted by molar-refractivity contribution is 0.299. The SMILES string of the molecule is CCCNCC(CCC1CC2CCC1C2)c1ccccc1. The van der Waals surface area contributed by atoms with Crippen LogP contribution in [-0.2, 0) is 0 Å². The highest BCUT2D eigenvalue weighted by Crippen LogP contribution is 2.50. The van der Waals surface area contributed by atoms with Crippen LogP contribution in [-0.4, -0.2) is 13.1 Å². The molecule has 1 N–H and O–H groups in total. The minimum atomic E-state index is 0.705. The molecule has 1 aromatic carbocycles. The summed E-state index contributed by atoms with van der Waals surface area (Å²) in [6.07, 6.45) is 10.2. The molecule has 3 rings (SSSR count). The van der Waals surface area contributed by atoms with Crippen molar-refractivity contribution >= 4 is 0 Å². The lowest BCUT2D eigenvalue weighted by atomic mass is 9.82. The lowest BCUT2D eigenvalue weighted by Gasteiger charge is -2.25. The molecule has 0 spiro atoms. The zero-order valence-corrected chi connectivity index (χ0v) is 13.6. The zero-order chi connectivity index (χ0) is 14.5. The molecule has 0 heterocycles. The number of benzene rings is 1. The van der Waals surface area contributed by atoms with Crippen LogP contribution in [0.3, 0.4) is 0 Å². The second kappa shape index (κ2) is 7.45. The highest BCUT2D eigenvalue weighted by Gasteiger charge is 2.39. The van der Waals surface area contributed by atoms with E-state index in [-0.39, 0.29) is 0 Å². The fourth-order valence-corrected chi connectivity index (χ4v) is 4.71. The average molecular weight is 285 g/mol. The summed E-state index contributed by atoms with van der Waals surface area (Å²) in [6, 6.07) is 11.2. The molecule has 0 radical (unpaired) electrons. The fourth-order valence-electron chi connectivity index (χ4n) is 4.71. The molecule has 21 heavy (non-hydrogen) atoms. The van der Waals surface area contributed by atoms with Crippen molar-refractivity contribution in [1.29, 1.82) is 0 Å². The van der Waals surface area contributed by atoms with Crippen molar-refractivity contribution in [1.82, 2.24) is 5.32 Å². The third kappa shape index (κ3) is 3.88. The number of rotatable bonds is 8. The molecule has 1 heteroatoms. The van der Waals surface area contributed by atoms with E-state index in [2.05, 4.69) is 42.6 Å². The first-order chi connectivity index (χ1) is 10.4. The van der Waals surface area contributed by atoms with Gasteiger partial charge in [0.2, 0.25) is 0 Å². The van der Waals surface area contributed by atoms with Gasteiger partial charge in [0.15, 0.2) is 0 Å². The van der Waals surface area contributed by atoms with Crippen molar-refractivity contribution in [3.8, 4) is 0 Å². The summed E-state index contributed by atoms with van der Waals surface area (Å²) >= 11 is 0. The van der Waals surface area contributed by atoms with E-state index in [4.69, 9.17) is 0 Å². The molecule has 1 aromatic rings. The number of nitrogens with one attached hydrogen (secondary N) is 1.